The standard InChI is InChI=1S/H2O2.H2O.2Sr.4H/c1-2;;;;;;;/h1-2H;1H2;;;;;;/q;;2*+2;4*-1. The normalized spacial score (nSPS) is 1.20. The van der Waals surface area contributed by atoms with E-state index in [2.05, 4.69) is 0 Å². The first-order valence-electron chi connectivity index (χ1n) is 0.200. The van der Waals surface area contributed by atoms with E-state index >= 15 is 0 Å². The fourth-order valence-electron chi connectivity index (χ4n) is 0. The summed E-state index contributed by atoms with van der Waals surface area (Å²) in [5.41, 5.74) is 0. The maximum atomic E-state index is 6.00. The van der Waals surface area contributed by atoms with Gasteiger partial charge in [-0.1, -0.05) is 0 Å². The third-order valence-corrected chi connectivity index (χ3v) is 0. The molecule has 0 radical (unpaired) electrons. The zero-order valence-electron chi connectivity index (χ0n) is 6.81. The van der Waals surface area contributed by atoms with Crippen LogP contribution in [0.1, 0.15) is 5.71 Å². The Morgan fingerprint density at radius 3 is 1.00 bits per heavy atom. The van der Waals surface area contributed by atoms with E-state index in [-0.39, 0.29) is 102 Å². The Morgan fingerprint density at radius 1 is 1.00 bits per heavy atom. The van der Waals surface area contributed by atoms with Crippen LogP contribution in [0.3, 0.4) is 0 Å². The monoisotopic (exact) mass is 232 g/mol. The second-order valence-corrected chi connectivity index (χ2v) is 0. The molecule has 30 valence electrons. The first kappa shape index (κ1) is 24.9. The Balaban J connectivity index is -0.000000000238. The molecular weight excluding hydrogens is 223 g/mol. The summed E-state index contributed by atoms with van der Waals surface area (Å²) in [7, 11) is 0. The molecule has 0 fully saturated rings. The van der Waals surface area contributed by atoms with E-state index in [9.17, 15) is 0 Å². The third kappa shape index (κ3) is 19.9. The van der Waals surface area contributed by atoms with E-state index in [0.29, 0.717) is 0 Å². The van der Waals surface area contributed by atoms with Gasteiger partial charge in [-0.3, -0.25) is 10.5 Å². The van der Waals surface area contributed by atoms with Crippen LogP contribution >= 0.6 is 0 Å². The Kier molecular flexibility index (Phi) is 144. The van der Waals surface area contributed by atoms with Crippen LogP contribution in [0.2, 0.25) is 0 Å². The van der Waals surface area contributed by atoms with E-state index in [1.807, 2.05) is 0 Å². The van der Waals surface area contributed by atoms with Crippen molar-refractivity contribution in [2.24, 2.45) is 0 Å². The van der Waals surface area contributed by atoms with Gasteiger partial charge in [-0.15, -0.1) is 0 Å². The van der Waals surface area contributed by atoms with Gasteiger partial charge in [-0.25, -0.2) is 0 Å². The minimum Gasteiger partial charge on any atom is -1.00 e. The summed E-state index contributed by atoms with van der Waals surface area (Å²) in [4.78, 5) is 0. The van der Waals surface area contributed by atoms with E-state index in [1.54, 1.807) is 0 Å². The van der Waals surface area contributed by atoms with Crippen LogP contribution < -0.4 is 0 Å². The first-order valence-corrected chi connectivity index (χ1v) is 0.200. The van der Waals surface area contributed by atoms with Gasteiger partial charge >= 0.3 is 91.0 Å². The van der Waals surface area contributed by atoms with E-state index < -0.39 is 0 Å². The second kappa shape index (κ2) is 28.9. The molecule has 0 heterocycles. The zero-order chi connectivity index (χ0) is 2.00. The van der Waals surface area contributed by atoms with Crippen molar-refractivity contribution in [2.75, 3.05) is 0 Å². The largest absolute Gasteiger partial charge is 2.00 e. The molecule has 0 unspecified atom stereocenters. The number of hydrogen-bond acceptors (Lipinski definition) is 2. The summed E-state index contributed by atoms with van der Waals surface area (Å²) >= 11 is 0. The summed E-state index contributed by atoms with van der Waals surface area (Å²) in [5, 5.41) is 12.0. The molecule has 5 heteroatoms. The van der Waals surface area contributed by atoms with Gasteiger partial charge in [-0.05, 0) is 0 Å². The molecule has 0 rings (SSSR count). The van der Waals surface area contributed by atoms with Gasteiger partial charge in [0.05, 0.1) is 0 Å². The average molecular weight is 231 g/mol. The minimum atomic E-state index is 0. The third-order valence-electron chi connectivity index (χ3n) is 0. The summed E-state index contributed by atoms with van der Waals surface area (Å²) in [6.07, 6.45) is 0. The van der Waals surface area contributed by atoms with Gasteiger partial charge in [0.2, 0.25) is 0 Å². The van der Waals surface area contributed by atoms with Crippen LogP contribution in [0.15, 0.2) is 0 Å². The van der Waals surface area contributed by atoms with Crippen LogP contribution in [-0.4, -0.2) is 107 Å². The Morgan fingerprint density at radius 2 is 1.00 bits per heavy atom. The smallest absolute Gasteiger partial charge is 1.00 e. The van der Waals surface area contributed by atoms with Crippen molar-refractivity contribution in [3.8, 4) is 0 Å². The second-order valence-electron chi connectivity index (χ2n) is 0. The molecular formula is H8O3Sr2. The topological polar surface area (TPSA) is 72.0 Å². The number of hydrogen-bond donors (Lipinski definition) is 2. The Labute approximate surface area is 110 Å². The molecule has 0 atom stereocenters. The molecule has 0 amide bonds. The summed E-state index contributed by atoms with van der Waals surface area (Å²) < 4.78 is 0. The molecule has 3 nitrogen and oxygen atoms in total. The van der Waals surface area contributed by atoms with Gasteiger partial charge in [-0.2, -0.15) is 0 Å². The van der Waals surface area contributed by atoms with Crippen LogP contribution in [-0.2, 0) is 0 Å². The SMILES string of the molecule is O.OO.[H-].[H-].[H-].[H-].[Sr+2].[Sr+2]. The predicted molar refractivity (Wildman–Crippen MR) is 24.8 cm³/mol. The van der Waals surface area contributed by atoms with Gasteiger partial charge in [0.15, 0.2) is 0 Å². The quantitative estimate of drug-likeness (QED) is 0.315. The van der Waals surface area contributed by atoms with Crippen molar-refractivity contribution in [3.63, 3.8) is 0 Å². The molecule has 0 aromatic heterocycles. The molecule has 0 saturated heterocycles. The molecule has 4 N–H and O–H groups in total. The van der Waals surface area contributed by atoms with Crippen LogP contribution in [0, 0.1) is 0 Å². The fraction of sp³-hybridized carbons (Fsp3) is 0. The van der Waals surface area contributed by atoms with Crippen LogP contribution in [0.4, 0.5) is 0 Å². The number of rotatable bonds is 0. The van der Waals surface area contributed by atoms with Crippen molar-refractivity contribution in [1.29, 1.82) is 0 Å². The average Bonchev–Trinajstić information content (AvgIpc) is 1.00. The molecule has 0 aliphatic carbocycles. The molecule has 0 bridgehead atoms. The summed E-state index contributed by atoms with van der Waals surface area (Å²) in [6.45, 7) is 0. The van der Waals surface area contributed by atoms with E-state index in [0.717, 1.165) is 0 Å². The molecule has 5 heavy (non-hydrogen) atoms. The van der Waals surface area contributed by atoms with Crippen molar-refractivity contribution in [1.82, 2.24) is 0 Å². The molecule has 0 aliphatic heterocycles. The van der Waals surface area contributed by atoms with Gasteiger partial charge in [0, 0.05) is 0 Å². The Bertz CT molecular complexity index is 13.8. The van der Waals surface area contributed by atoms with Gasteiger partial charge in [0.25, 0.3) is 0 Å². The predicted octanol–water partition coefficient (Wildman–Crippen LogP) is -1.12. The Hall–Kier alpha value is 2.84. The zero-order valence-corrected chi connectivity index (χ0v) is 9.76. The minimum absolute atomic E-state index is 0. The molecule has 0 aromatic rings. The van der Waals surface area contributed by atoms with E-state index in [4.69, 9.17) is 10.5 Å². The molecule has 0 aliphatic rings. The van der Waals surface area contributed by atoms with Gasteiger partial charge < -0.3 is 11.2 Å². The van der Waals surface area contributed by atoms with Crippen LogP contribution in [0.25, 0.3) is 0 Å². The van der Waals surface area contributed by atoms with Crippen molar-refractivity contribution >= 4 is 91.0 Å². The summed E-state index contributed by atoms with van der Waals surface area (Å²) in [5.74, 6) is 0. The summed E-state index contributed by atoms with van der Waals surface area (Å²) in [6, 6.07) is 0. The molecule has 0 spiro atoms. The van der Waals surface area contributed by atoms with Crippen molar-refractivity contribution < 1.29 is 21.7 Å². The van der Waals surface area contributed by atoms with E-state index in [1.165, 1.54) is 0 Å². The molecule has 0 aromatic carbocycles. The maximum absolute atomic E-state index is 6.00. The first-order chi connectivity index (χ1) is 1.00. The van der Waals surface area contributed by atoms with Crippen molar-refractivity contribution in [2.45, 2.75) is 0 Å². The maximum Gasteiger partial charge on any atom is 2.00 e. The van der Waals surface area contributed by atoms with Crippen molar-refractivity contribution in [3.05, 3.63) is 0 Å². The fourth-order valence-corrected chi connectivity index (χ4v) is 0. The van der Waals surface area contributed by atoms with Gasteiger partial charge in [0.1, 0.15) is 0 Å². The van der Waals surface area contributed by atoms with Crippen LogP contribution in [0.5, 0.6) is 0 Å². The molecule has 0 saturated carbocycles.